The minimum atomic E-state index is -0.681. The Balaban J connectivity index is 2.13. The van der Waals surface area contributed by atoms with Crippen LogP contribution in [0.4, 0.5) is 10.1 Å². The first-order chi connectivity index (χ1) is 10.1. The Morgan fingerprint density at radius 3 is 2.62 bits per heavy atom. The molecule has 0 unspecified atom stereocenters. The van der Waals surface area contributed by atoms with Gasteiger partial charge >= 0.3 is 0 Å². The van der Waals surface area contributed by atoms with Crippen molar-refractivity contribution in [1.29, 1.82) is 0 Å². The van der Waals surface area contributed by atoms with Crippen molar-refractivity contribution in [3.05, 3.63) is 74.9 Å². The molecule has 0 aliphatic rings. The summed E-state index contributed by atoms with van der Waals surface area (Å²) in [4.78, 5) is 23.1. The molecule has 6 heteroatoms. The van der Waals surface area contributed by atoms with Gasteiger partial charge in [-0.1, -0.05) is 18.2 Å². The molecule has 0 fully saturated rings. The fourth-order valence-electron chi connectivity index (χ4n) is 2.08. The third-order valence-corrected chi connectivity index (χ3v) is 4.16. The first-order valence-electron chi connectivity index (χ1n) is 6.03. The van der Waals surface area contributed by atoms with Gasteiger partial charge in [-0.05, 0) is 29.7 Å². The maximum atomic E-state index is 13.3. The number of ketones is 1. The van der Waals surface area contributed by atoms with Crippen LogP contribution in [0.2, 0.25) is 0 Å². The molecule has 1 heterocycles. The minimum Gasteiger partial charge on any atom is -0.287 e. The van der Waals surface area contributed by atoms with Crippen LogP contribution in [-0.2, 0) is 0 Å². The smallest absolute Gasteiger partial charge is 0.280 e. The van der Waals surface area contributed by atoms with Crippen LogP contribution in [0.5, 0.6) is 0 Å². The standard InChI is InChI=1S/C15H8FNO3S/c16-10-5-6-12(17(19)20)11(8-10)15(18)14-7-9-3-1-2-4-13(9)21-14/h1-8H. The van der Waals surface area contributed by atoms with Crippen LogP contribution in [-0.4, -0.2) is 10.7 Å². The molecule has 21 heavy (non-hydrogen) atoms. The number of halogens is 1. The Morgan fingerprint density at radius 2 is 1.90 bits per heavy atom. The van der Waals surface area contributed by atoms with Crippen molar-refractivity contribution in [3.8, 4) is 0 Å². The van der Waals surface area contributed by atoms with Crippen molar-refractivity contribution < 1.29 is 14.1 Å². The predicted molar refractivity (Wildman–Crippen MR) is 78.3 cm³/mol. The Bertz CT molecular complexity index is 839. The van der Waals surface area contributed by atoms with Crippen LogP contribution in [0.25, 0.3) is 10.1 Å². The number of nitro benzene ring substituents is 1. The molecular weight excluding hydrogens is 293 g/mol. The summed E-state index contributed by atoms with van der Waals surface area (Å²) < 4.78 is 14.2. The van der Waals surface area contributed by atoms with E-state index >= 15 is 0 Å². The number of rotatable bonds is 3. The summed E-state index contributed by atoms with van der Waals surface area (Å²) in [5.74, 6) is -1.22. The SMILES string of the molecule is O=C(c1cc2ccccc2s1)c1cc(F)ccc1[N+](=O)[O-]. The van der Waals surface area contributed by atoms with Gasteiger partial charge in [-0.2, -0.15) is 0 Å². The molecule has 1 aromatic heterocycles. The van der Waals surface area contributed by atoms with Gasteiger partial charge in [0.25, 0.3) is 5.69 Å². The number of nitrogens with zero attached hydrogens (tertiary/aromatic N) is 1. The molecule has 0 bridgehead atoms. The van der Waals surface area contributed by atoms with E-state index in [9.17, 15) is 19.3 Å². The number of fused-ring (bicyclic) bond motifs is 1. The van der Waals surface area contributed by atoms with Gasteiger partial charge in [0.1, 0.15) is 11.4 Å². The summed E-state index contributed by atoms with van der Waals surface area (Å²) in [6, 6.07) is 11.9. The third-order valence-electron chi connectivity index (χ3n) is 3.05. The van der Waals surface area contributed by atoms with Crippen molar-refractivity contribution in [2.24, 2.45) is 0 Å². The summed E-state index contributed by atoms with van der Waals surface area (Å²) in [6.45, 7) is 0. The Morgan fingerprint density at radius 1 is 1.14 bits per heavy atom. The summed E-state index contributed by atoms with van der Waals surface area (Å²) in [7, 11) is 0. The Kier molecular flexibility index (Phi) is 3.23. The zero-order valence-electron chi connectivity index (χ0n) is 10.6. The maximum Gasteiger partial charge on any atom is 0.280 e. The Hall–Kier alpha value is -2.60. The zero-order valence-corrected chi connectivity index (χ0v) is 11.4. The first kappa shape index (κ1) is 13.4. The maximum absolute atomic E-state index is 13.3. The lowest BCUT2D eigenvalue weighted by Crippen LogP contribution is -2.04. The zero-order chi connectivity index (χ0) is 15.0. The molecule has 3 aromatic rings. The van der Waals surface area contributed by atoms with E-state index in [1.165, 1.54) is 11.3 Å². The second kappa shape index (κ2) is 5.06. The second-order valence-electron chi connectivity index (χ2n) is 4.40. The van der Waals surface area contributed by atoms with Gasteiger partial charge in [-0.3, -0.25) is 14.9 Å². The van der Waals surface area contributed by atoms with E-state index in [0.717, 1.165) is 28.3 Å². The van der Waals surface area contributed by atoms with Gasteiger partial charge in [0.2, 0.25) is 5.78 Å². The molecule has 0 amide bonds. The van der Waals surface area contributed by atoms with Crippen molar-refractivity contribution >= 4 is 32.9 Å². The van der Waals surface area contributed by atoms with Crippen LogP contribution in [0.15, 0.2) is 48.5 Å². The molecule has 2 aromatic carbocycles. The number of hydrogen-bond acceptors (Lipinski definition) is 4. The van der Waals surface area contributed by atoms with Crippen LogP contribution < -0.4 is 0 Å². The number of carbonyl (C=O) groups excluding carboxylic acids is 1. The molecule has 0 spiro atoms. The van der Waals surface area contributed by atoms with Crippen molar-refractivity contribution in [2.75, 3.05) is 0 Å². The molecule has 0 saturated carbocycles. The van der Waals surface area contributed by atoms with Crippen molar-refractivity contribution in [1.82, 2.24) is 0 Å². The second-order valence-corrected chi connectivity index (χ2v) is 5.48. The van der Waals surface area contributed by atoms with E-state index in [-0.39, 0.29) is 11.3 Å². The molecule has 0 N–H and O–H groups in total. The van der Waals surface area contributed by atoms with Crippen molar-refractivity contribution in [3.63, 3.8) is 0 Å². The fraction of sp³-hybridized carbons (Fsp3) is 0. The van der Waals surface area contributed by atoms with Gasteiger partial charge in [0.05, 0.1) is 9.80 Å². The largest absolute Gasteiger partial charge is 0.287 e. The minimum absolute atomic E-state index is 0.230. The van der Waals surface area contributed by atoms with Crippen LogP contribution in [0.1, 0.15) is 15.2 Å². The molecule has 104 valence electrons. The topological polar surface area (TPSA) is 60.2 Å². The van der Waals surface area contributed by atoms with Crippen LogP contribution >= 0.6 is 11.3 Å². The van der Waals surface area contributed by atoms with Gasteiger partial charge in [0, 0.05) is 10.8 Å². The number of thiophene rings is 1. The predicted octanol–water partition coefficient (Wildman–Crippen LogP) is 4.18. The molecule has 0 saturated heterocycles. The summed E-state index contributed by atoms with van der Waals surface area (Å²) in [5, 5.41) is 11.9. The van der Waals surface area contributed by atoms with Crippen LogP contribution in [0.3, 0.4) is 0 Å². The quantitative estimate of drug-likeness (QED) is 0.414. The van der Waals surface area contributed by atoms with E-state index in [0.29, 0.717) is 4.88 Å². The molecule has 4 nitrogen and oxygen atoms in total. The highest BCUT2D eigenvalue weighted by Gasteiger charge is 2.23. The lowest BCUT2D eigenvalue weighted by Gasteiger charge is -2.00. The monoisotopic (exact) mass is 301 g/mol. The van der Waals surface area contributed by atoms with E-state index in [2.05, 4.69) is 0 Å². The number of benzene rings is 2. The van der Waals surface area contributed by atoms with Gasteiger partial charge in [-0.25, -0.2) is 4.39 Å². The van der Waals surface area contributed by atoms with Gasteiger partial charge in [0.15, 0.2) is 0 Å². The van der Waals surface area contributed by atoms with Gasteiger partial charge < -0.3 is 0 Å². The highest BCUT2D eigenvalue weighted by Crippen LogP contribution is 2.30. The molecule has 0 aliphatic heterocycles. The lowest BCUT2D eigenvalue weighted by molar-refractivity contribution is -0.385. The highest BCUT2D eigenvalue weighted by molar-refractivity contribution is 7.21. The fourth-order valence-corrected chi connectivity index (χ4v) is 3.09. The molecule has 3 rings (SSSR count). The average molecular weight is 301 g/mol. The number of nitro groups is 1. The molecule has 0 radical (unpaired) electrons. The van der Waals surface area contributed by atoms with E-state index < -0.39 is 16.5 Å². The Labute approximate surface area is 122 Å². The third kappa shape index (κ3) is 2.41. The van der Waals surface area contributed by atoms with Crippen LogP contribution in [0, 0.1) is 15.9 Å². The summed E-state index contributed by atoms with van der Waals surface area (Å²) >= 11 is 1.23. The molecular formula is C15H8FNO3S. The number of carbonyl (C=O) groups is 1. The highest BCUT2D eigenvalue weighted by atomic mass is 32.1. The van der Waals surface area contributed by atoms with E-state index in [1.807, 2.05) is 24.3 Å². The lowest BCUT2D eigenvalue weighted by atomic mass is 10.1. The van der Waals surface area contributed by atoms with E-state index in [1.54, 1.807) is 6.07 Å². The van der Waals surface area contributed by atoms with Gasteiger partial charge in [-0.15, -0.1) is 11.3 Å². The molecule has 0 atom stereocenters. The van der Waals surface area contributed by atoms with E-state index in [4.69, 9.17) is 0 Å². The number of hydrogen-bond donors (Lipinski definition) is 0. The average Bonchev–Trinajstić information content (AvgIpc) is 2.89. The summed E-state index contributed by atoms with van der Waals surface area (Å²) in [6.07, 6.45) is 0. The van der Waals surface area contributed by atoms with Crippen molar-refractivity contribution in [2.45, 2.75) is 0 Å². The molecule has 0 aliphatic carbocycles. The first-order valence-corrected chi connectivity index (χ1v) is 6.85. The normalized spacial score (nSPS) is 10.7. The summed E-state index contributed by atoms with van der Waals surface area (Å²) in [5.41, 5.74) is -0.620.